The van der Waals surface area contributed by atoms with Gasteiger partial charge in [0.2, 0.25) is 18.6 Å². The van der Waals surface area contributed by atoms with E-state index in [9.17, 15) is 14.4 Å². The van der Waals surface area contributed by atoms with E-state index in [1.165, 1.54) is 0 Å². The van der Waals surface area contributed by atoms with Crippen LogP contribution in [0.4, 0.5) is 5.69 Å². The first kappa shape index (κ1) is 21.7. The van der Waals surface area contributed by atoms with Crippen molar-refractivity contribution in [3.05, 3.63) is 54.1 Å². The van der Waals surface area contributed by atoms with Gasteiger partial charge in [0.15, 0.2) is 11.5 Å². The Bertz CT molecular complexity index is 986. The molecule has 1 saturated heterocycles. The molecule has 8 heteroatoms. The maximum absolute atomic E-state index is 12.7. The number of carbonyl (C=O) groups is 3. The highest BCUT2D eigenvalue weighted by Crippen LogP contribution is 2.34. The molecule has 0 unspecified atom stereocenters. The van der Waals surface area contributed by atoms with Crippen LogP contribution >= 0.6 is 0 Å². The molecule has 2 aliphatic heterocycles. The number of anilines is 1. The highest BCUT2D eigenvalue weighted by Gasteiger charge is 2.28. The summed E-state index contributed by atoms with van der Waals surface area (Å²) in [5.74, 6) is 0.880. The molecule has 3 amide bonds. The van der Waals surface area contributed by atoms with Crippen molar-refractivity contribution in [3.63, 3.8) is 0 Å². The first-order chi connectivity index (χ1) is 15.5. The van der Waals surface area contributed by atoms with Gasteiger partial charge in [0.25, 0.3) is 5.91 Å². The Morgan fingerprint density at radius 1 is 1.03 bits per heavy atom. The van der Waals surface area contributed by atoms with Crippen molar-refractivity contribution >= 4 is 23.4 Å². The summed E-state index contributed by atoms with van der Waals surface area (Å²) in [4.78, 5) is 39.3. The first-order valence-electron chi connectivity index (χ1n) is 10.8. The molecule has 0 saturated carbocycles. The molecule has 2 heterocycles. The van der Waals surface area contributed by atoms with E-state index >= 15 is 0 Å². The predicted octanol–water partition coefficient (Wildman–Crippen LogP) is 2.80. The average Bonchev–Trinajstić information content (AvgIpc) is 3.27. The lowest BCUT2D eigenvalue weighted by Gasteiger charge is -2.32. The predicted molar refractivity (Wildman–Crippen MR) is 118 cm³/mol. The fourth-order valence-corrected chi connectivity index (χ4v) is 3.95. The van der Waals surface area contributed by atoms with Crippen LogP contribution < -0.4 is 20.1 Å². The zero-order chi connectivity index (χ0) is 22.5. The second kappa shape index (κ2) is 9.72. The molecular formula is C24H27N3O5. The van der Waals surface area contributed by atoms with Gasteiger partial charge in [-0.1, -0.05) is 18.2 Å². The van der Waals surface area contributed by atoms with Crippen molar-refractivity contribution in [2.45, 2.75) is 32.2 Å². The number of likely N-dealkylation sites (tertiary alicyclic amines) is 1. The molecule has 168 valence electrons. The van der Waals surface area contributed by atoms with Crippen LogP contribution in [0, 0.1) is 5.92 Å². The number of fused-ring (bicyclic) bond motifs is 1. The van der Waals surface area contributed by atoms with Gasteiger partial charge in [-0.15, -0.1) is 0 Å². The van der Waals surface area contributed by atoms with E-state index < -0.39 is 0 Å². The van der Waals surface area contributed by atoms with Gasteiger partial charge in [0.1, 0.15) is 0 Å². The summed E-state index contributed by atoms with van der Waals surface area (Å²) in [6.07, 6.45) is 1.44. The third kappa shape index (κ3) is 5.19. The normalized spacial score (nSPS) is 16.3. The Balaban J connectivity index is 1.22. The summed E-state index contributed by atoms with van der Waals surface area (Å²) < 4.78 is 10.6. The number of nitrogens with zero attached hydrogens (tertiary/aromatic N) is 1. The van der Waals surface area contributed by atoms with Crippen LogP contribution in [0.3, 0.4) is 0 Å². The molecule has 0 spiro atoms. The number of nitrogens with one attached hydrogen (secondary N) is 2. The van der Waals surface area contributed by atoms with Gasteiger partial charge >= 0.3 is 0 Å². The third-order valence-corrected chi connectivity index (χ3v) is 5.75. The fourth-order valence-electron chi connectivity index (χ4n) is 3.95. The molecule has 2 N–H and O–H groups in total. The number of ether oxygens (including phenoxy) is 2. The molecule has 2 aromatic rings. The van der Waals surface area contributed by atoms with Gasteiger partial charge in [-0.25, -0.2) is 0 Å². The van der Waals surface area contributed by atoms with Crippen LogP contribution in [0.1, 0.15) is 36.5 Å². The lowest BCUT2D eigenvalue weighted by Crippen LogP contribution is -2.44. The van der Waals surface area contributed by atoms with E-state index in [2.05, 4.69) is 10.6 Å². The highest BCUT2D eigenvalue weighted by atomic mass is 16.7. The summed E-state index contributed by atoms with van der Waals surface area (Å²) in [6, 6.07) is 14.0. The van der Waals surface area contributed by atoms with Gasteiger partial charge < -0.3 is 25.0 Å². The molecule has 0 aromatic heterocycles. The molecule has 0 bridgehead atoms. The van der Waals surface area contributed by atoms with E-state index in [0.717, 1.165) is 0 Å². The molecule has 2 aliphatic rings. The molecule has 0 radical (unpaired) electrons. The molecule has 32 heavy (non-hydrogen) atoms. The standard InChI is InChI=1S/C24H27N3O5/c1-16(25-23(29)17-5-3-2-4-6-17)13-22(28)27-11-9-18(10-12-27)24(30)26-19-7-8-20-21(14-19)32-15-31-20/h2-8,14,16,18H,9-13,15H2,1H3,(H,25,29)(H,26,30)/t16-/m1/s1. The number of hydrogen-bond acceptors (Lipinski definition) is 5. The zero-order valence-electron chi connectivity index (χ0n) is 18.0. The van der Waals surface area contributed by atoms with Gasteiger partial charge in [-0.2, -0.15) is 0 Å². The Morgan fingerprint density at radius 2 is 1.75 bits per heavy atom. The molecule has 1 fully saturated rings. The summed E-state index contributed by atoms with van der Waals surface area (Å²) in [7, 11) is 0. The van der Waals surface area contributed by atoms with Crippen LogP contribution in [0.25, 0.3) is 0 Å². The number of amides is 3. The van der Waals surface area contributed by atoms with Crippen molar-refractivity contribution in [2.24, 2.45) is 5.92 Å². The number of hydrogen-bond donors (Lipinski definition) is 2. The lowest BCUT2D eigenvalue weighted by molar-refractivity contribution is -0.134. The number of rotatable bonds is 6. The van der Waals surface area contributed by atoms with Gasteiger partial charge in [0.05, 0.1) is 0 Å². The van der Waals surface area contributed by atoms with Crippen molar-refractivity contribution in [1.29, 1.82) is 0 Å². The summed E-state index contributed by atoms with van der Waals surface area (Å²) in [6.45, 7) is 3.06. The number of benzene rings is 2. The second-order valence-corrected chi connectivity index (χ2v) is 8.16. The van der Waals surface area contributed by atoms with E-state index in [0.29, 0.717) is 48.7 Å². The molecule has 2 aromatic carbocycles. The third-order valence-electron chi connectivity index (χ3n) is 5.75. The molecule has 0 aliphatic carbocycles. The fraction of sp³-hybridized carbons (Fsp3) is 0.375. The van der Waals surface area contributed by atoms with Gasteiger partial charge in [-0.3, -0.25) is 14.4 Å². The largest absolute Gasteiger partial charge is 0.454 e. The topological polar surface area (TPSA) is 97.0 Å². The number of piperidine rings is 1. The van der Waals surface area contributed by atoms with E-state index in [-0.39, 0.29) is 42.9 Å². The number of carbonyl (C=O) groups excluding carboxylic acids is 3. The van der Waals surface area contributed by atoms with Gasteiger partial charge in [-0.05, 0) is 44.0 Å². The first-order valence-corrected chi connectivity index (χ1v) is 10.8. The average molecular weight is 437 g/mol. The monoisotopic (exact) mass is 437 g/mol. The minimum atomic E-state index is -0.276. The van der Waals surface area contributed by atoms with Crippen molar-refractivity contribution < 1.29 is 23.9 Å². The Hall–Kier alpha value is -3.55. The Morgan fingerprint density at radius 3 is 2.50 bits per heavy atom. The van der Waals surface area contributed by atoms with Crippen LogP contribution in [0.5, 0.6) is 11.5 Å². The second-order valence-electron chi connectivity index (χ2n) is 8.16. The lowest BCUT2D eigenvalue weighted by atomic mass is 9.95. The maximum atomic E-state index is 12.7. The summed E-state index contributed by atoms with van der Waals surface area (Å²) in [5.41, 5.74) is 1.24. The summed E-state index contributed by atoms with van der Waals surface area (Å²) >= 11 is 0. The minimum absolute atomic E-state index is 0.0134. The van der Waals surface area contributed by atoms with Crippen LogP contribution in [-0.2, 0) is 9.59 Å². The molecule has 8 nitrogen and oxygen atoms in total. The van der Waals surface area contributed by atoms with Crippen molar-refractivity contribution in [1.82, 2.24) is 10.2 Å². The van der Waals surface area contributed by atoms with Crippen molar-refractivity contribution in [3.8, 4) is 11.5 Å². The van der Waals surface area contributed by atoms with E-state index in [1.54, 1.807) is 47.4 Å². The molecular weight excluding hydrogens is 410 g/mol. The van der Waals surface area contributed by atoms with Crippen LogP contribution in [-0.4, -0.2) is 48.5 Å². The SMILES string of the molecule is C[C@H](CC(=O)N1CCC(C(=O)Nc2ccc3c(c2)OCO3)CC1)NC(=O)c1ccccc1. The van der Waals surface area contributed by atoms with Crippen LogP contribution in [0.2, 0.25) is 0 Å². The quantitative estimate of drug-likeness (QED) is 0.724. The summed E-state index contributed by atoms with van der Waals surface area (Å²) in [5, 5.41) is 5.80. The molecule has 4 rings (SSSR count). The zero-order valence-corrected chi connectivity index (χ0v) is 18.0. The van der Waals surface area contributed by atoms with E-state index in [4.69, 9.17) is 9.47 Å². The highest BCUT2D eigenvalue weighted by molar-refractivity contribution is 5.95. The van der Waals surface area contributed by atoms with Crippen molar-refractivity contribution in [2.75, 3.05) is 25.2 Å². The van der Waals surface area contributed by atoms with Crippen LogP contribution in [0.15, 0.2) is 48.5 Å². The van der Waals surface area contributed by atoms with Gasteiger partial charge in [0, 0.05) is 48.8 Å². The minimum Gasteiger partial charge on any atom is -0.454 e. The smallest absolute Gasteiger partial charge is 0.251 e. The maximum Gasteiger partial charge on any atom is 0.251 e. The van der Waals surface area contributed by atoms with E-state index in [1.807, 2.05) is 13.0 Å². The molecule has 1 atom stereocenters. The Kier molecular flexibility index (Phi) is 6.58. The Labute approximate surface area is 186 Å².